The highest BCUT2D eigenvalue weighted by Gasteiger charge is 2.17. The minimum atomic E-state index is 0.367. The molecule has 0 saturated heterocycles. The zero-order valence-electron chi connectivity index (χ0n) is 9.70. The van der Waals surface area contributed by atoms with Gasteiger partial charge in [-0.1, -0.05) is 19.8 Å². The van der Waals surface area contributed by atoms with Gasteiger partial charge in [0, 0.05) is 24.4 Å². The van der Waals surface area contributed by atoms with Crippen molar-refractivity contribution in [2.24, 2.45) is 11.7 Å². The molecule has 1 rings (SSSR count). The summed E-state index contributed by atoms with van der Waals surface area (Å²) in [6.07, 6.45) is 3.72. The fourth-order valence-corrected chi connectivity index (χ4v) is 1.67. The predicted octanol–water partition coefficient (Wildman–Crippen LogP) is 1.60. The van der Waals surface area contributed by atoms with Gasteiger partial charge in [0.2, 0.25) is 0 Å². The lowest BCUT2D eigenvalue weighted by molar-refractivity contribution is 0.480. The first-order valence-electron chi connectivity index (χ1n) is 5.30. The molecule has 1 heterocycles. The zero-order chi connectivity index (χ0) is 11.3. The Bertz CT molecular complexity index is 354. The second-order valence-corrected chi connectivity index (χ2v) is 3.96. The minimum absolute atomic E-state index is 0.367. The lowest BCUT2D eigenvalue weighted by Gasteiger charge is -2.19. The van der Waals surface area contributed by atoms with Crippen LogP contribution in [0.1, 0.15) is 32.4 Å². The molecule has 1 aromatic heterocycles. The highest BCUT2D eigenvalue weighted by molar-refractivity contribution is 5.10. The molecule has 3 heteroatoms. The maximum absolute atomic E-state index is 5.79. The topological polar surface area (TPSA) is 43.8 Å². The highest BCUT2D eigenvalue weighted by atomic mass is 15.0. The summed E-state index contributed by atoms with van der Waals surface area (Å²) in [5.41, 5.74) is 6.98. The molecule has 0 aliphatic carbocycles. The molecule has 0 aliphatic heterocycles. The fourth-order valence-electron chi connectivity index (χ4n) is 1.67. The first kappa shape index (κ1) is 11.8. The van der Waals surface area contributed by atoms with E-state index in [1.54, 1.807) is 0 Å². The van der Waals surface area contributed by atoms with E-state index in [4.69, 9.17) is 5.73 Å². The van der Waals surface area contributed by atoms with Gasteiger partial charge < -0.3 is 10.3 Å². The van der Waals surface area contributed by atoms with E-state index in [1.807, 2.05) is 19.4 Å². The Kier molecular flexibility index (Phi) is 4.38. The molecular weight excluding hydrogens is 186 g/mol. The molecule has 0 saturated carbocycles. The van der Waals surface area contributed by atoms with Crippen LogP contribution >= 0.6 is 0 Å². The number of aromatic nitrogens is 2. The Labute approximate surface area is 91.7 Å². The van der Waals surface area contributed by atoms with E-state index in [2.05, 4.69) is 35.2 Å². The van der Waals surface area contributed by atoms with Crippen LogP contribution in [0.3, 0.4) is 0 Å². The molecule has 0 bridgehead atoms. The van der Waals surface area contributed by atoms with Gasteiger partial charge in [-0.2, -0.15) is 0 Å². The van der Waals surface area contributed by atoms with Crippen molar-refractivity contribution in [3.63, 3.8) is 0 Å². The van der Waals surface area contributed by atoms with Crippen LogP contribution < -0.4 is 5.73 Å². The third-order valence-electron chi connectivity index (χ3n) is 2.61. The number of imidazole rings is 1. The van der Waals surface area contributed by atoms with Gasteiger partial charge in [0.05, 0.1) is 12.9 Å². The number of hydrogen-bond acceptors (Lipinski definition) is 2. The van der Waals surface area contributed by atoms with Crippen LogP contribution in [-0.2, 0) is 6.54 Å². The van der Waals surface area contributed by atoms with Crippen LogP contribution in [0.4, 0.5) is 0 Å². The van der Waals surface area contributed by atoms with Crippen LogP contribution in [0.15, 0.2) is 12.5 Å². The summed E-state index contributed by atoms with van der Waals surface area (Å²) in [4.78, 5) is 4.17. The second-order valence-electron chi connectivity index (χ2n) is 3.96. The van der Waals surface area contributed by atoms with E-state index in [0.29, 0.717) is 24.9 Å². The van der Waals surface area contributed by atoms with Crippen molar-refractivity contribution in [1.82, 2.24) is 9.55 Å². The van der Waals surface area contributed by atoms with Crippen molar-refractivity contribution in [2.45, 2.75) is 33.2 Å². The van der Waals surface area contributed by atoms with Crippen molar-refractivity contribution in [2.75, 3.05) is 6.54 Å². The van der Waals surface area contributed by atoms with Crippen molar-refractivity contribution in [1.29, 1.82) is 0 Å². The molecule has 0 radical (unpaired) electrons. The van der Waals surface area contributed by atoms with Crippen molar-refractivity contribution < 1.29 is 0 Å². The molecule has 3 nitrogen and oxygen atoms in total. The Hall–Kier alpha value is -1.27. The highest BCUT2D eigenvalue weighted by Crippen LogP contribution is 2.22. The molecule has 82 valence electrons. The van der Waals surface area contributed by atoms with Crippen LogP contribution in [0, 0.1) is 17.8 Å². The van der Waals surface area contributed by atoms with Gasteiger partial charge in [-0.25, -0.2) is 4.98 Å². The molecule has 0 spiro atoms. The van der Waals surface area contributed by atoms with Crippen molar-refractivity contribution in [3.8, 4) is 11.8 Å². The Balaban J connectivity index is 2.90. The van der Waals surface area contributed by atoms with E-state index in [9.17, 15) is 0 Å². The van der Waals surface area contributed by atoms with Gasteiger partial charge in [0.25, 0.3) is 0 Å². The normalized spacial score (nSPS) is 12.3. The van der Waals surface area contributed by atoms with Crippen LogP contribution in [0.5, 0.6) is 0 Å². The molecule has 15 heavy (non-hydrogen) atoms. The van der Waals surface area contributed by atoms with Crippen molar-refractivity contribution in [3.05, 3.63) is 18.2 Å². The van der Waals surface area contributed by atoms with Crippen molar-refractivity contribution >= 4 is 0 Å². The average molecular weight is 205 g/mol. The summed E-state index contributed by atoms with van der Waals surface area (Å²) in [5, 5.41) is 0. The minimum Gasteiger partial charge on any atom is -0.330 e. The van der Waals surface area contributed by atoms with Gasteiger partial charge in [-0.05, 0) is 12.8 Å². The molecule has 2 N–H and O–H groups in total. The summed E-state index contributed by atoms with van der Waals surface area (Å²) in [7, 11) is 0. The molecule has 0 fully saturated rings. The van der Waals surface area contributed by atoms with Gasteiger partial charge in [-0.3, -0.25) is 0 Å². The summed E-state index contributed by atoms with van der Waals surface area (Å²) < 4.78 is 2.08. The first-order chi connectivity index (χ1) is 7.20. The van der Waals surface area contributed by atoms with Crippen LogP contribution in [0.2, 0.25) is 0 Å². The fraction of sp³-hybridized carbons (Fsp3) is 0.583. The third kappa shape index (κ3) is 2.84. The quantitative estimate of drug-likeness (QED) is 0.759. The second kappa shape index (κ2) is 5.57. The smallest absolute Gasteiger partial charge is 0.0956 e. The molecule has 1 unspecified atom stereocenters. The molecule has 1 atom stereocenters. The first-order valence-corrected chi connectivity index (χ1v) is 5.30. The average Bonchev–Trinajstić information content (AvgIpc) is 2.64. The molecule has 0 aromatic carbocycles. The van der Waals surface area contributed by atoms with E-state index in [0.717, 1.165) is 0 Å². The standard InChI is InChI=1S/C12H19N3/c1-4-5-6-15-9-14-8-12(15)11(7-13)10(2)3/h8-11H,6-7,13H2,1-3H3. The maximum atomic E-state index is 5.79. The van der Waals surface area contributed by atoms with Crippen LogP contribution in [0.25, 0.3) is 0 Å². The SMILES string of the molecule is CC#CCn1cncc1C(CN)C(C)C. The Morgan fingerprint density at radius 2 is 2.27 bits per heavy atom. The summed E-state index contributed by atoms with van der Waals surface area (Å²) in [6, 6.07) is 0. The van der Waals surface area contributed by atoms with Gasteiger partial charge in [0.1, 0.15) is 0 Å². The van der Waals surface area contributed by atoms with Gasteiger partial charge in [-0.15, -0.1) is 5.92 Å². The Morgan fingerprint density at radius 3 is 2.80 bits per heavy atom. The van der Waals surface area contributed by atoms with E-state index in [1.165, 1.54) is 5.69 Å². The summed E-state index contributed by atoms with van der Waals surface area (Å²) >= 11 is 0. The summed E-state index contributed by atoms with van der Waals surface area (Å²) in [6.45, 7) is 7.57. The van der Waals surface area contributed by atoms with E-state index < -0.39 is 0 Å². The lowest BCUT2D eigenvalue weighted by Crippen LogP contribution is -2.20. The molecule has 0 amide bonds. The molecular formula is C12H19N3. The van der Waals surface area contributed by atoms with Gasteiger partial charge >= 0.3 is 0 Å². The summed E-state index contributed by atoms with van der Waals surface area (Å²) in [5.74, 6) is 6.83. The number of nitrogens with zero attached hydrogens (tertiary/aromatic N) is 2. The number of nitrogens with two attached hydrogens (primary N) is 1. The maximum Gasteiger partial charge on any atom is 0.0956 e. The predicted molar refractivity (Wildman–Crippen MR) is 62.3 cm³/mol. The monoisotopic (exact) mass is 205 g/mol. The number of hydrogen-bond donors (Lipinski definition) is 1. The largest absolute Gasteiger partial charge is 0.330 e. The number of rotatable bonds is 4. The lowest BCUT2D eigenvalue weighted by atomic mass is 9.93. The van der Waals surface area contributed by atoms with Crippen LogP contribution in [-0.4, -0.2) is 16.1 Å². The molecule has 1 aromatic rings. The van der Waals surface area contributed by atoms with E-state index >= 15 is 0 Å². The van der Waals surface area contributed by atoms with E-state index in [-0.39, 0.29) is 0 Å². The zero-order valence-corrected chi connectivity index (χ0v) is 9.70. The molecule has 0 aliphatic rings. The van der Waals surface area contributed by atoms with Gasteiger partial charge in [0.15, 0.2) is 0 Å². The third-order valence-corrected chi connectivity index (χ3v) is 2.61. The Morgan fingerprint density at radius 1 is 1.53 bits per heavy atom.